The second-order valence-corrected chi connectivity index (χ2v) is 4.19. The molecule has 2 N–H and O–H groups in total. The van der Waals surface area contributed by atoms with E-state index in [2.05, 4.69) is 15.6 Å². The summed E-state index contributed by atoms with van der Waals surface area (Å²) >= 11 is 0. The summed E-state index contributed by atoms with van der Waals surface area (Å²) in [5.74, 6) is -1.47. The fourth-order valence-corrected chi connectivity index (χ4v) is 1.76. The van der Waals surface area contributed by atoms with Crippen LogP contribution in [0.5, 0.6) is 0 Å². The quantitative estimate of drug-likeness (QED) is 0.839. The van der Waals surface area contributed by atoms with Gasteiger partial charge in [-0.25, -0.2) is 9.48 Å². The Labute approximate surface area is 109 Å². The largest absolute Gasteiger partial charge is 0.480 e. The van der Waals surface area contributed by atoms with E-state index in [1.165, 1.54) is 0 Å². The summed E-state index contributed by atoms with van der Waals surface area (Å²) in [6, 6.07) is 4.05. The molecule has 0 aliphatic carbocycles. The van der Waals surface area contributed by atoms with Gasteiger partial charge >= 0.3 is 5.97 Å². The Morgan fingerprint density at radius 3 is 2.84 bits per heavy atom. The maximum atomic E-state index is 11.9. The topological polar surface area (TPSA) is 97.1 Å². The van der Waals surface area contributed by atoms with Crippen molar-refractivity contribution in [3.05, 3.63) is 23.8 Å². The Hall–Kier alpha value is -2.44. The number of carboxylic acid groups (broad SMARTS) is 1. The third kappa shape index (κ3) is 2.54. The van der Waals surface area contributed by atoms with Crippen LogP contribution in [-0.4, -0.2) is 38.0 Å². The van der Waals surface area contributed by atoms with Crippen LogP contribution < -0.4 is 5.32 Å². The molecule has 100 valence electrons. The number of carbonyl (C=O) groups is 2. The van der Waals surface area contributed by atoms with Crippen LogP contribution in [0.1, 0.15) is 23.7 Å². The summed E-state index contributed by atoms with van der Waals surface area (Å²) in [7, 11) is 1.76. The van der Waals surface area contributed by atoms with Crippen LogP contribution in [0.3, 0.4) is 0 Å². The van der Waals surface area contributed by atoms with Gasteiger partial charge < -0.3 is 10.4 Å². The zero-order chi connectivity index (χ0) is 14.0. The molecule has 0 saturated heterocycles. The highest BCUT2D eigenvalue weighted by Crippen LogP contribution is 2.12. The van der Waals surface area contributed by atoms with E-state index in [0.29, 0.717) is 17.5 Å². The van der Waals surface area contributed by atoms with Crippen molar-refractivity contribution in [1.29, 1.82) is 0 Å². The molecule has 0 aliphatic heterocycles. The number of nitrogens with zero attached hydrogens (tertiary/aromatic N) is 3. The van der Waals surface area contributed by atoms with Gasteiger partial charge in [-0.05, 0) is 24.6 Å². The number of carbonyl (C=O) groups excluding carboxylic acids is 1. The van der Waals surface area contributed by atoms with Crippen LogP contribution in [0.2, 0.25) is 0 Å². The third-order valence-electron chi connectivity index (χ3n) is 2.88. The lowest BCUT2D eigenvalue weighted by Crippen LogP contribution is -2.40. The Morgan fingerprint density at radius 2 is 2.21 bits per heavy atom. The smallest absolute Gasteiger partial charge is 0.326 e. The molecule has 0 spiro atoms. The van der Waals surface area contributed by atoms with Crippen LogP contribution >= 0.6 is 0 Å². The average molecular weight is 262 g/mol. The van der Waals surface area contributed by atoms with Crippen molar-refractivity contribution in [1.82, 2.24) is 20.3 Å². The van der Waals surface area contributed by atoms with Crippen molar-refractivity contribution in [2.75, 3.05) is 0 Å². The molecule has 1 aromatic carbocycles. The van der Waals surface area contributed by atoms with E-state index in [9.17, 15) is 9.59 Å². The number of nitrogens with one attached hydrogen (secondary N) is 1. The van der Waals surface area contributed by atoms with Crippen LogP contribution in [0, 0.1) is 0 Å². The molecule has 1 heterocycles. The summed E-state index contributed by atoms with van der Waals surface area (Å²) < 4.78 is 1.60. The highest BCUT2D eigenvalue weighted by atomic mass is 16.4. The minimum absolute atomic E-state index is 0.328. The normalized spacial score (nSPS) is 12.3. The Balaban J connectivity index is 2.24. The first-order valence-electron chi connectivity index (χ1n) is 5.86. The van der Waals surface area contributed by atoms with E-state index in [1.807, 2.05) is 0 Å². The molecule has 0 bridgehead atoms. The van der Waals surface area contributed by atoms with Crippen LogP contribution in [0.15, 0.2) is 18.2 Å². The molecule has 0 fully saturated rings. The van der Waals surface area contributed by atoms with E-state index in [-0.39, 0.29) is 0 Å². The summed E-state index contributed by atoms with van der Waals surface area (Å²) in [6.45, 7) is 1.70. The predicted molar refractivity (Wildman–Crippen MR) is 67.7 cm³/mol. The van der Waals surface area contributed by atoms with E-state index >= 15 is 0 Å². The Kier molecular flexibility index (Phi) is 3.46. The summed E-state index contributed by atoms with van der Waals surface area (Å²) in [6.07, 6.45) is 0.328. The van der Waals surface area contributed by atoms with E-state index in [4.69, 9.17) is 5.11 Å². The number of hydrogen-bond acceptors (Lipinski definition) is 4. The number of amides is 1. The maximum absolute atomic E-state index is 11.9. The highest BCUT2D eigenvalue weighted by molar-refractivity contribution is 5.99. The number of carboxylic acids is 1. The SMILES string of the molecule is CCC(NC(=O)c1ccc2c(c1)nnn2C)C(=O)O. The lowest BCUT2D eigenvalue weighted by atomic mass is 10.1. The number of aromatic nitrogens is 3. The first-order valence-corrected chi connectivity index (χ1v) is 5.86. The monoisotopic (exact) mass is 262 g/mol. The van der Waals surface area contributed by atoms with Gasteiger partial charge in [-0.1, -0.05) is 12.1 Å². The molecule has 19 heavy (non-hydrogen) atoms. The van der Waals surface area contributed by atoms with Crippen molar-refractivity contribution in [2.45, 2.75) is 19.4 Å². The molecule has 0 aliphatic rings. The van der Waals surface area contributed by atoms with Gasteiger partial charge in [-0.15, -0.1) is 5.10 Å². The zero-order valence-corrected chi connectivity index (χ0v) is 10.6. The van der Waals surface area contributed by atoms with Gasteiger partial charge in [0.25, 0.3) is 5.91 Å². The van der Waals surface area contributed by atoms with E-state index in [0.717, 1.165) is 5.52 Å². The molecule has 0 radical (unpaired) electrons. The standard InChI is InChI=1S/C12H14N4O3/c1-3-8(12(18)19)13-11(17)7-4-5-10-9(6-7)14-15-16(10)2/h4-6,8H,3H2,1-2H3,(H,13,17)(H,18,19). The predicted octanol–water partition coefficient (Wildman–Crippen LogP) is 0.561. The second-order valence-electron chi connectivity index (χ2n) is 4.19. The second kappa shape index (κ2) is 5.05. The molecule has 1 atom stereocenters. The lowest BCUT2D eigenvalue weighted by molar-refractivity contribution is -0.139. The molecule has 1 aromatic heterocycles. The van der Waals surface area contributed by atoms with E-state index < -0.39 is 17.9 Å². The third-order valence-corrected chi connectivity index (χ3v) is 2.88. The van der Waals surface area contributed by atoms with Crippen molar-refractivity contribution in [2.24, 2.45) is 7.05 Å². The van der Waals surface area contributed by atoms with Crippen LogP contribution in [0.25, 0.3) is 11.0 Å². The maximum Gasteiger partial charge on any atom is 0.326 e. The number of benzene rings is 1. The van der Waals surface area contributed by atoms with Gasteiger partial charge in [0.1, 0.15) is 11.6 Å². The summed E-state index contributed by atoms with van der Waals surface area (Å²) in [5.41, 5.74) is 1.77. The first-order chi connectivity index (χ1) is 9.02. The number of aliphatic carboxylic acids is 1. The molecular formula is C12H14N4O3. The van der Waals surface area contributed by atoms with Crippen LogP contribution in [-0.2, 0) is 11.8 Å². The fourth-order valence-electron chi connectivity index (χ4n) is 1.76. The Bertz CT molecular complexity index is 635. The van der Waals surface area contributed by atoms with Gasteiger partial charge in [0.05, 0.1) is 5.52 Å². The number of hydrogen-bond donors (Lipinski definition) is 2. The van der Waals surface area contributed by atoms with Gasteiger partial charge in [-0.2, -0.15) is 0 Å². The minimum atomic E-state index is -1.04. The van der Waals surface area contributed by atoms with E-state index in [1.54, 1.807) is 36.9 Å². The molecule has 1 unspecified atom stereocenters. The molecule has 1 amide bonds. The minimum Gasteiger partial charge on any atom is -0.480 e. The molecular weight excluding hydrogens is 248 g/mol. The van der Waals surface area contributed by atoms with Gasteiger partial charge in [0.2, 0.25) is 0 Å². The van der Waals surface area contributed by atoms with Crippen LogP contribution in [0.4, 0.5) is 0 Å². The summed E-state index contributed by atoms with van der Waals surface area (Å²) in [4.78, 5) is 22.8. The van der Waals surface area contributed by atoms with Gasteiger partial charge in [0, 0.05) is 12.6 Å². The highest BCUT2D eigenvalue weighted by Gasteiger charge is 2.18. The van der Waals surface area contributed by atoms with Crippen molar-refractivity contribution >= 4 is 22.9 Å². The summed E-state index contributed by atoms with van der Waals surface area (Å²) in [5, 5.41) is 19.1. The van der Waals surface area contributed by atoms with Gasteiger partial charge in [0.15, 0.2) is 0 Å². The van der Waals surface area contributed by atoms with Gasteiger partial charge in [-0.3, -0.25) is 4.79 Å². The average Bonchev–Trinajstić information content (AvgIpc) is 2.76. The van der Waals surface area contributed by atoms with Crippen molar-refractivity contribution in [3.8, 4) is 0 Å². The number of rotatable bonds is 4. The molecule has 2 aromatic rings. The number of aryl methyl sites for hydroxylation is 1. The molecule has 2 rings (SSSR count). The lowest BCUT2D eigenvalue weighted by Gasteiger charge is -2.12. The van der Waals surface area contributed by atoms with Crippen molar-refractivity contribution in [3.63, 3.8) is 0 Å². The fraction of sp³-hybridized carbons (Fsp3) is 0.333. The molecule has 7 heteroatoms. The Morgan fingerprint density at radius 1 is 1.47 bits per heavy atom. The van der Waals surface area contributed by atoms with Crippen molar-refractivity contribution < 1.29 is 14.7 Å². The number of fused-ring (bicyclic) bond motifs is 1. The first kappa shape index (κ1) is 13.0. The molecule has 7 nitrogen and oxygen atoms in total. The molecule has 0 saturated carbocycles. The zero-order valence-electron chi connectivity index (χ0n) is 10.6.